The lowest BCUT2D eigenvalue weighted by atomic mass is 9.88. The van der Waals surface area contributed by atoms with Gasteiger partial charge >= 0.3 is 6.09 Å². The van der Waals surface area contributed by atoms with E-state index in [-0.39, 0.29) is 0 Å². The van der Waals surface area contributed by atoms with Crippen molar-refractivity contribution in [1.82, 2.24) is 4.57 Å². The van der Waals surface area contributed by atoms with E-state index in [0.717, 1.165) is 22.5 Å². The van der Waals surface area contributed by atoms with Crippen LogP contribution < -0.4 is 5.32 Å². The Morgan fingerprint density at radius 3 is 2.77 bits per heavy atom. The van der Waals surface area contributed by atoms with Gasteiger partial charge in [0.15, 0.2) is 0 Å². The number of ether oxygens (including phenoxy) is 1. The maximum Gasteiger partial charge on any atom is 0.412 e. The Morgan fingerprint density at radius 1 is 1.36 bits per heavy atom. The normalized spacial score (nSPS) is 19.8. The number of aromatic nitrogens is 1. The predicted octanol–water partition coefficient (Wildman–Crippen LogP) is 3.75. The van der Waals surface area contributed by atoms with E-state index in [2.05, 4.69) is 11.4 Å². The number of fused-ring (bicyclic) bond motifs is 1. The van der Waals surface area contributed by atoms with Crippen LogP contribution in [0.1, 0.15) is 31.5 Å². The smallest absolute Gasteiger partial charge is 0.412 e. The van der Waals surface area contributed by atoms with Gasteiger partial charge in [0.2, 0.25) is 0 Å². The number of cyclic esters (lactones) is 1. The summed E-state index contributed by atoms with van der Waals surface area (Å²) in [5.74, 6) is 0. The lowest BCUT2D eigenvalue weighted by Crippen LogP contribution is -2.36. The standard InChI is InChI=1S/C17H17N3O2/c1-4-17(2)13-9-11(5-7-14(13)19-16(21)22-17)15-8-6-12(10-18)20(15)3/h5-9H,4H2,1-3H3,(H,19,21). The fourth-order valence-corrected chi connectivity index (χ4v) is 2.82. The Morgan fingerprint density at radius 2 is 2.14 bits per heavy atom. The summed E-state index contributed by atoms with van der Waals surface area (Å²) in [5, 5.41) is 11.8. The highest BCUT2D eigenvalue weighted by atomic mass is 16.6. The molecule has 1 amide bonds. The van der Waals surface area contributed by atoms with Crippen LogP contribution in [0, 0.1) is 11.3 Å². The molecule has 3 rings (SSSR count). The molecule has 112 valence electrons. The minimum Gasteiger partial charge on any atom is -0.438 e. The number of carbonyl (C=O) groups is 1. The third-order valence-corrected chi connectivity index (χ3v) is 4.35. The molecule has 1 N–H and O–H groups in total. The zero-order valence-electron chi connectivity index (χ0n) is 12.8. The summed E-state index contributed by atoms with van der Waals surface area (Å²) in [6, 6.07) is 11.7. The van der Waals surface area contributed by atoms with Crippen LogP contribution in [0.2, 0.25) is 0 Å². The predicted molar refractivity (Wildman–Crippen MR) is 83.3 cm³/mol. The number of amides is 1. The molecular weight excluding hydrogens is 278 g/mol. The number of nitrogens with zero attached hydrogens (tertiary/aromatic N) is 2. The summed E-state index contributed by atoms with van der Waals surface area (Å²) >= 11 is 0. The highest BCUT2D eigenvalue weighted by Crippen LogP contribution is 2.40. The van der Waals surface area contributed by atoms with Crippen molar-refractivity contribution < 1.29 is 9.53 Å². The second-order valence-corrected chi connectivity index (χ2v) is 5.63. The van der Waals surface area contributed by atoms with Crippen LogP contribution in [0.3, 0.4) is 0 Å². The summed E-state index contributed by atoms with van der Waals surface area (Å²) in [6.07, 6.45) is 0.267. The highest BCUT2D eigenvalue weighted by molar-refractivity contribution is 5.89. The van der Waals surface area contributed by atoms with Crippen molar-refractivity contribution in [3.63, 3.8) is 0 Å². The summed E-state index contributed by atoms with van der Waals surface area (Å²) in [5.41, 5.74) is 3.63. The highest BCUT2D eigenvalue weighted by Gasteiger charge is 2.36. The number of anilines is 1. The third kappa shape index (κ3) is 2.04. The van der Waals surface area contributed by atoms with Crippen LogP contribution in [0.15, 0.2) is 30.3 Å². The van der Waals surface area contributed by atoms with E-state index in [0.29, 0.717) is 12.1 Å². The molecule has 0 bridgehead atoms. The Kier molecular flexibility index (Phi) is 3.18. The largest absolute Gasteiger partial charge is 0.438 e. The number of hydrogen-bond donors (Lipinski definition) is 1. The van der Waals surface area contributed by atoms with E-state index < -0.39 is 11.7 Å². The van der Waals surface area contributed by atoms with Crippen molar-refractivity contribution in [1.29, 1.82) is 5.26 Å². The van der Waals surface area contributed by atoms with Crippen LogP contribution in [-0.2, 0) is 17.4 Å². The molecule has 0 fully saturated rings. The van der Waals surface area contributed by atoms with Gasteiger partial charge < -0.3 is 9.30 Å². The number of nitriles is 1. The summed E-state index contributed by atoms with van der Waals surface area (Å²) < 4.78 is 7.34. The maximum absolute atomic E-state index is 11.7. The van der Waals surface area contributed by atoms with Crippen LogP contribution in [0.25, 0.3) is 11.3 Å². The first-order valence-electron chi connectivity index (χ1n) is 7.19. The number of rotatable bonds is 2. The van der Waals surface area contributed by atoms with E-state index in [1.54, 1.807) is 6.07 Å². The monoisotopic (exact) mass is 295 g/mol. The zero-order chi connectivity index (χ0) is 15.9. The number of carbonyl (C=O) groups excluding carboxylic acids is 1. The first-order valence-corrected chi connectivity index (χ1v) is 7.19. The lowest BCUT2D eigenvalue weighted by molar-refractivity contribution is 0.0236. The van der Waals surface area contributed by atoms with Crippen molar-refractivity contribution >= 4 is 11.8 Å². The van der Waals surface area contributed by atoms with Gasteiger partial charge in [0.05, 0.1) is 5.69 Å². The molecule has 1 aliphatic heterocycles. The van der Waals surface area contributed by atoms with Gasteiger partial charge in [0.25, 0.3) is 0 Å². The van der Waals surface area contributed by atoms with Gasteiger partial charge in [-0.2, -0.15) is 5.26 Å². The van der Waals surface area contributed by atoms with Crippen molar-refractivity contribution in [3.05, 3.63) is 41.6 Å². The summed E-state index contributed by atoms with van der Waals surface area (Å²) in [6.45, 7) is 3.91. The Balaban J connectivity index is 2.14. The van der Waals surface area contributed by atoms with Gasteiger partial charge in [-0.25, -0.2) is 4.79 Å². The van der Waals surface area contributed by atoms with Gasteiger partial charge in [0, 0.05) is 18.3 Å². The molecule has 1 aliphatic rings. The molecule has 2 aromatic rings. The molecule has 1 unspecified atom stereocenters. The van der Waals surface area contributed by atoms with Crippen LogP contribution >= 0.6 is 0 Å². The third-order valence-electron chi connectivity index (χ3n) is 4.35. The first kappa shape index (κ1) is 14.2. The average molecular weight is 295 g/mol. The summed E-state index contributed by atoms with van der Waals surface area (Å²) in [4.78, 5) is 11.7. The van der Waals surface area contributed by atoms with Gasteiger partial charge in [-0.05, 0) is 43.2 Å². The zero-order valence-corrected chi connectivity index (χ0v) is 12.8. The van der Waals surface area contributed by atoms with E-state index in [1.165, 1.54) is 0 Å². The number of nitrogens with one attached hydrogen (secondary N) is 1. The summed E-state index contributed by atoms with van der Waals surface area (Å²) in [7, 11) is 1.87. The molecule has 1 atom stereocenters. The van der Waals surface area contributed by atoms with Gasteiger partial charge in [0.1, 0.15) is 17.4 Å². The molecule has 0 aliphatic carbocycles. The fourth-order valence-electron chi connectivity index (χ4n) is 2.82. The SMILES string of the molecule is CCC1(C)OC(=O)Nc2ccc(-c3ccc(C#N)n3C)cc21. The molecule has 5 nitrogen and oxygen atoms in total. The molecule has 0 spiro atoms. The van der Waals surface area contributed by atoms with Crippen molar-refractivity contribution in [2.75, 3.05) is 5.32 Å². The molecular formula is C17H17N3O2. The number of benzene rings is 1. The molecule has 1 aromatic heterocycles. The maximum atomic E-state index is 11.7. The van der Waals surface area contributed by atoms with E-state index >= 15 is 0 Å². The molecule has 22 heavy (non-hydrogen) atoms. The topological polar surface area (TPSA) is 67.0 Å². The van der Waals surface area contributed by atoms with Gasteiger partial charge in [-0.1, -0.05) is 13.0 Å². The second-order valence-electron chi connectivity index (χ2n) is 5.63. The molecule has 0 saturated carbocycles. The average Bonchev–Trinajstić information content (AvgIpc) is 2.87. The van der Waals surface area contributed by atoms with E-state index in [9.17, 15) is 4.79 Å². The first-order chi connectivity index (χ1) is 10.5. The number of hydrogen-bond acceptors (Lipinski definition) is 3. The minimum absolute atomic E-state index is 0.421. The van der Waals surface area contributed by atoms with E-state index in [1.807, 2.05) is 49.7 Å². The van der Waals surface area contributed by atoms with Crippen LogP contribution in [0.5, 0.6) is 0 Å². The van der Waals surface area contributed by atoms with Gasteiger partial charge in [-0.3, -0.25) is 5.32 Å². The van der Waals surface area contributed by atoms with E-state index in [4.69, 9.17) is 10.00 Å². The quantitative estimate of drug-likeness (QED) is 0.917. The van der Waals surface area contributed by atoms with Crippen molar-refractivity contribution in [3.8, 4) is 17.3 Å². The fraction of sp³-hybridized carbons (Fsp3) is 0.294. The lowest BCUT2D eigenvalue weighted by Gasteiger charge is -2.35. The van der Waals surface area contributed by atoms with Crippen molar-refractivity contribution in [2.45, 2.75) is 25.9 Å². The Bertz CT molecular complexity index is 801. The van der Waals surface area contributed by atoms with Gasteiger partial charge in [-0.15, -0.1) is 0 Å². The molecule has 5 heteroatoms. The molecule has 0 radical (unpaired) electrons. The second kappa shape index (κ2) is 4.92. The van der Waals surface area contributed by atoms with Crippen LogP contribution in [0.4, 0.5) is 10.5 Å². The van der Waals surface area contributed by atoms with Crippen LogP contribution in [-0.4, -0.2) is 10.7 Å². The van der Waals surface area contributed by atoms with Crippen molar-refractivity contribution in [2.24, 2.45) is 7.05 Å². The Hall–Kier alpha value is -2.74. The minimum atomic E-state index is -0.642. The molecule has 1 aromatic carbocycles. The Labute approximate surface area is 129 Å². The molecule has 0 saturated heterocycles. The molecule has 2 heterocycles.